The quantitative estimate of drug-likeness (QED) is 0.845. The van der Waals surface area contributed by atoms with Crippen LogP contribution in [0, 0.1) is 0 Å². The summed E-state index contributed by atoms with van der Waals surface area (Å²) in [5.41, 5.74) is 0.727. The van der Waals surface area contributed by atoms with Crippen LogP contribution in [0.5, 0.6) is 11.5 Å². The van der Waals surface area contributed by atoms with Gasteiger partial charge in [0.25, 0.3) is 0 Å². The molecule has 3 nitrogen and oxygen atoms in total. The number of benzene rings is 1. The lowest BCUT2D eigenvalue weighted by molar-refractivity contribution is 0.223. The molecule has 1 atom stereocenters. The van der Waals surface area contributed by atoms with Crippen LogP contribution in [0.15, 0.2) is 28.1 Å². The summed E-state index contributed by atoms with van der Waals surface area (Å²) in [6.07, 6.45) is 0.0754. The summed E-state index contributed by atoms with van der Waals surface area (Å²) in [7, 11) is 0. The number of hydrogen-bond acceptors (Lipinski definition) is 4. The van der Waals surface area contributed by atoms with E-state index in [4.69, 9.17) is 21.1 Å². The Morgan fingerprint density at radius 3 is 2.85 bits per heavy atom. The minimum absolute atomic E-state index is 0.575. The maximum Gasteiger partial charge on any atom is 0.175 e. The third kappa shape index (κ3) is 2.68. The molecule has 0 saturated heterocycles. The minimum atomic E-state index is -0.768. The molecule has 0 spiro atoms. The molecule has 0 amide bonds. The van der Waals surface area contributed by atoms with Crippen LogP contribution in [0.3, 0.4) is 0 Å². The Bertz CT molecular complexity index is 629. The van der Waals surface area contributed by atoms with Gasteiger partial charge in [0.05, 0.1) is 27.6 Å². The molecule has 106 valence electrons. The van der Waals surface area contributed by atoms with E-state index in [-0.39, 0.29) is 0 Å². The third-order valence-electron chi connectivity index (χ3n) is 3.03. The lowest BCUT2D eigenvalue weighted by Gasteiger charge is -2.15. The monoisotopic (exact) mass is 374 g/mol. The average molecular weight is 376 g/mol. The highest BCUT2D eigenvalue weighted by molar-refractivity contribution is 9.10. The molecule has 1 unspecified atom stereocenters. The van der Waals surface area contributed by atoms with Crippen molar-refractivity contribution in [1.29, 1.82) is 0 Å². The van der Waals surface area contributed by atoms with Gasteiger partial charge in [-0.05, 0) is 45.1 Å². The molecule has 0 saturated carbocycles. The Morgan fingerprint density at radius 2 is 2.10 bits per heavy atom. The van der Waals surface area contributed by atoms with Gasteiger partial charge in [-0.3, -0.25) is 0 Å². The summed E-state index contributed by atoms with van der Waals surface area (Å²) in [6, 6.07) is 5.43. The molecule has 1 aliphatic rings. The molecule has 2 aromatic rings. The van der Waals surface area contributed by atoms with Crippen molar-refractivity contribution in [3.05, 3.63) is 43.5 Å². The molecule has 0 radical (unpaired) electrons. The standard InChI is InChI=1S/C14H12BrClO3S/c15-9-6-8(12(17)14-10(16)2-5-20-14)7-11-13(9)19-4-1-3-18-11/h2,5-7,12,17H,1,3-4H2. The molecule has 1 N–H and O–H groups in total. The van der Waals surface area contributed by atoms with Gasteiger partial charge in [0.2, 0.25) is 0 Å². The zero-order valence-electron chi connectivity index (χ0n) is 10.4. The van der Waals surface area contributed by atoms with Crippen molar-refractivity contribution < 1.29 is 14.6 Å². The summed E-state index contributed by atoms with van der Waals surface area (Å²) < 4.78 is 12.1. The van der Waals surface area contributed by atoms with Crippen LogP contribution >= 0.6 is 38.9 Å². The molecule has 1 aromatic carbocycles. The van der Waals surface area contributed by atoms with Crippen molar-refractivity contribution in [3.63, 3.8) is 0 Å². The van der Waals surface area contributed by atoms with Gasteiger partial charge in [-0.15, -0.1) is 11.3 Å². The Labute approximate surface area is 134 Å². The number of halogens is 2. The van der Waals surface area contributed by atoms with Crippen LogP contribution in [0.25, 0.3) is 0 Å². The molecule has 6 heteroatoms. The van der Waals surface area contributed by atoms with Gasteiger partial charge in [-0.1, -0.05) is 11.6 Å². The SMILES string of the molecule is OC(c1cc(Br)c2c(c1)OCCCO2)c1sccc1Cl. The largest absolute Gasteiger partial charge is 0.490 e. The van der Waals surface area contributed by atoms with E-state index >= 15 is 0 Å². The van der Waals surface area contributed by atoms with Gasteiger partial charge in [0, 0.05) is 6.42 Å². The zero-order chi connectivity index (χ0) is 14.1. The topological polar surface area (TPSA) is 38.7 Å². The van der Waals surface area contributed by atoms with E-state index in [0.717, 1.165) is 21.3 Å². The van der Waals surface area contributed by atoms with Gasteiger partial charge < -0.3 is 14.6 Å². The second kappa shape index (κ2) is 5.93. The van der Waals surface area contributed by atoms with Crippen molar-refractivity contribution in [3.8, 4) is 11.5 Å². The number of aliphatic hydroxyl groups excluding tert-OH is 1. The first-order chi connectivity index (χ1) is 9.66. The summed E-state index contributed by atoms with van der Waals surface area (Å²) in [5, 5.41) is 12.9. The first kappa shape index (κ1) is 14.2. The molecule has 3 rings (SSSR count). The number of hydrogen-bond donors (Lipinski definition) is 1. The van der Waals surface area contributed by atoms with Crippen LogP contribution in [0.2, 0.25) is 5.02 Å². The van der Waals surface area contributed by atoms with Gasteiger partial charge in [-0.2, -0.15) is 0 Å². The van der Waals surface area contributed by atoms with E-state index in [2.05, 4.69) is 15.9 Å². The third-order valence-corrected chi connectivity index (χ3v) is 5.03. The van der Waals surface area contributed by atoms with Gasteiger partial charge in [-0.25, -0.2) is 0 Å². The molecule has 1 aliphatic heterocycles. The Balaban J connectivity index is 2.01. The first-order valence-electron chi connectivity index (χ1n) is 6.17. The second-order valence-electron chi connectivity index (χ2n) is 4.42. The molecular weight excluding hydrogens is 364 g/mol. The Hall–Kier alpha value is -0.750. The minimum Gasteiger partial charge on any atom is -0.490 e. The van der Waals surface area contributed by atoms with Crippen molar-refractivity contribution in [2.24, 2.45) is 0 Å². The van der Waals surface area contributed by atoms with E-state index in [1.54, 1.807) is 6.07 Å². The highest BCUT2D eigenvalue weighted by atomic mass is 79.9. The van der Waals surface area contributed by atoms with Gasteiger partial charge in [0.1, 0.15) is 6.10 Å². The van der Waals surface area contributed by atoms with Crippen LogP contribution < -0.4 is 9.47 Å². The van der Waals surface area contributed by atoms with Crippen molar-refractivity contribution in [2.45, 2.75) is 12.5 Å². The van der Waals surface area contributed by atoms with Crippen LogP contribution in [-0.2, 0) is 0 Å². The molecule has 0 aliphatic carbocycles. The van der Waals surface area contributed by atoms with Gasteiger partial charge in [0.15, 0.2) is 11.5 Å². The van der Waals surface area contributed by atoms with Crippen LogP contribution in [0.1, 0.15) is 23.0 Å². The normalized spacial score (nSPS) is 15.8. The van der Waals surface area contributed by atoms with Gasteiger partial charge >= 0.3 is 0 Å². The van der Waals surface area contributed by atoms with Crippen LogP contribution in [-0.4, -0.2) is 18.3 Å². The summed E-state index contributed by atoms with van der Waals surface area (Å²) in [6.45, 7) is 1.24. The summed E-state index contributed by atoms with van der Waals surface area (Å²) >= 11 is 11.0. The first-order valence-corrected chi connectivity index (χ1v) is 8.22. The molecule has 1 aromatic heterocycles. The fraction of sp³-hybridized carbons (Fsp3) is 0.286. The second-order valence-corrected chi connectivity index (χ2v) is 6.63. The van der Waals surface area contributed by atoms with Crippen molar-refractivity contribution in [2.75, 3.05) is 13.2 Å². The van der Waals surface area contributed by atoms with E-state index < -0.39 is 6.10 Å². The van der Waals surface area contributed by atoms with E-state index in [1.807, 2.05) is 17.5 Å². The number of fused-ring (bicyclic) bond motifs is 1. The Kier molecular flexibility index (Phi) is 4.21. The number of aliphatic hydroxyl groups is 1. The predicted octanol–water partition coefficient (Wildman–Crippen LogP) is 4.41. The average Bonchev–Trinajstić information content (AvgIpc) is 2.72. The van der Waals surface area contributed by atoms with E-state index in [0.29, 0.717) is 29.7 Å². The highest BCUT2D eigenvalue weighted by Crippen LogP contribution is 2.42. The maximum absolute atomic E-state index is 10.5. The van der Waals surface area contributed by atoms with Crippen LogP contribution in [0.4, 0.5) is 0 Å². The molecule has 20 heavy (non-hydrogen) atoms. The fourth-order valence-electron chi connectivity index (χ4n) is 2.06. The Morgan fingerprint density at radius 1 is 1.30 bits per heavy atom. The van der Waals surface area contributed by atoms with E-state index in [1.165, 1.54) is 11.3 Å². The highest BCUT2D eigenvalue weighted by Gasteiger charge is 2.21. The zero-order valence-corrected chi connectivity index (χ0v) is 13.6. The number of thiophene rings is 1. The van der Waals surface area contributed by atoms with Crippen molar-refractivity contribution in [1.82, 2.24) is 0 Å². The van der Waals surface area contributed by atoms with E-state index in [9.17, 15) is 5.11 Å². The fourth-order valence-corrected chi connectivity index (χ4v) is 3.81. The number of rotatable bonds is 2. The summed E-state index contributed by atoms with van der Waals surface area (Å²) in [5.74, 6) is 1.34. The van der Waals surface area contributed by atoms with Crippen molar-refractivity contribution >= 4 is 38.9 Å². The maximum atomic E-state index is 10.5. The molecule has 0 bridgehead atoms. The smallest absolute Gasteiger partial charge is 0.175 e. The molecule has 0 fully saturated rings. The number of ether oxygens (including phenoxy) is 2. The summed E-state index contributed by atoms with van der Waals surface area (Å²) in [4.78, 5) is 0.730. The molecular formula is C14H12BrClO3S. The lowest BCUT2D eigenvalue weighted by Crippen LogP contribution is -2.00. The lowest BCUT2D eigenvalue weighted by atomic mass is 10.1. The molecule has 2 heterocycles. The predicted molar refractivity (Wildman–Crippen MR) is 83.1 cm³/mol.